The number of aromatic nitrogens is 2. The van der Waals surface area contributed by atoms with E-state index >= 15 is 0 Å². The van der Waals surface area contributed by atoms with Crippen molar-refractivity contribution in [1.29, 1.82) is 0 Å². The van der Waals surface area contributed by atoms with Gasteiger partial charge in [0.1, 0.15) is 17.0 Å². The number of rotatable bonds is 2. The van der Waals surface area contributed by atoms with Gasteiger partial charge in [-0.05, 0) is 31.2 Å². The van der Waals surface area contributed by atoms with Gasteiger partial charge in [-0.3, -0.25) is 4.90 Å². The number of halogens is 3. The second kappa shape index (κ2) is 6.15. The van der Waals surface area contributed by atoms with Gasteiger partial charge in [0.25, 0.3) is 0 Å². The first-order valence-electron chi connectivity index (χ1n) is 8.30. The van der Waals surface area contributed by atoms with Crippen LogP contribution in [0.4, 0.5) is 19.0 Å². The van der Waals surface area contributed by atoms with Gasteiger partial charge in [0.2, 0.25) is 0 Å². The molecule has 2 aromatic heterocycles. The van der Waals surface area contributed by atoms with Crippen LogP contribution in [0.2, 0.25) is 0 Å². The number of fused-ring (bicyclic) bond motifs is 3. The predicted molar refractivity (Wildman–Crippen MR) is 88.8 cm³/mol. The number of alkyl halides is 3. The van der Waals surface area contributed by atoms with Crippen molar-refractivity contribution in [3.63, 3.8) is 0 Å². The zero-order valence-electron chi connectivity index (χ0n) is 13.3. The first kappa shape index (κ1) is 16.1. The Balaban J connectivity index is 1.58. The number of piperazine rings is 1. The molecular weight excluding hydrogens is 337 g/mol. The van der Waals surface area contributed by atoms with Crippen LogP contribution in [0.25, 0.3) is 10.2 Å². The first-order valence-corrected chi connectivity index (χ1v) is 9.12. The number of aryl methyl sites for hydroxylation is 2. The van der Waals surface area contributed by atoms with E-state index in [2.05, 4.69) is 14.9 Å². The lowest BCUT2D eigenvalue weighted by atomic mass is 9.97. The Morgan fingerprint density at radius 3 is 2.54 bits per heavy atom. The Kier molecular flexibility index (Phi) is 4.12. The number of anilines is 1. The summed E-state index contributed by atoms with van der Waals surface area (Å²) in [6.45, 7) is 1.15. The fourth-order valence-electron chi connectivity index (χ4n) is 3.68. The smallest absolute Gasteiger partial charge is 0.353 e. The van der Waals surface area contributed by atoms with Crippen LogP contribution < -0.4 is 4.90 Å². The van der Waals surface area contributed by atoms with Crippen LogP contribution in [-0.2, 0) is 12.8 Å². The molecule has 1 fully saturated rings. The van der Waals surface area contributed by atoms with Crippen LogP contribution in [0.5, 0.6) is 0 Å². The topological polar surface area (TPSA) is 32.3 Å². The molecule has 0 unspecified atom stereocenters. The molecule has 8 heteroatoms. The first-order chi connectivity index (χ1) is 11.5. The molecule has 0 saturated carbocycles. The minimum absolute atomic E-state index is 0.414. The molecule has 1 saturated heterocycles. The van der Waals surface area contributed by atoms with E-state index in [1.807, 2.05) is 0 Å². The zero-order chi connectivity index (χ0) is 16.7. The van der Waals surface area contributed by atoms with Crippen molar-refractivity contribution in [3.8, 4) is 0 Å². The summed E-state index contributed by atoms with van der Waals surface area (Å²) < 4.78 is 37.6. The Morgan fingerprint density at radius 1 is 1.04 bits per heavy atom. The molecule has 0 atom stereocenters. The molecule has 130 valence electrons. The van der Waals surface area contributed by atoms with E-state index in [1.54, 1.807) is 17.7 Å². The molecule has 0 N–H and O–H groups in total. The van der Waals surface area contributed by atoms with Crippen LogP contribution in [0.3, 0.4) is 0 Å². The molecule has 2 aliphatic rings. The zero-order valence-corrected chi connectivity index (χ0v) is 14.1. The Morgan fingerprint density at radius 2 is 1.79 bits per heavy atom. The van der Waals surface area contributed by atoms with Gasteiger partial charge < -0.3 is 4.90 Å². The molecule has 3 heterocycles. The second-order valence-electron chi connectivity index (χ2n) is 6.47. The van der Waals surface area contributed by atoms with Gasteiger partial charge in [0.05, 0.1) is 11.9 Å². The van der Waals surface area contributed by atoms with Crippen molar-refractivity contribution in [3.05, 3.63) is 16.8 Å². The third-order valence-corrected chi connectivity index (χ3v) is 6.01. The molecule has 0 bridgehead atoms. The van der Waals surface area contributed by atoms with E-state index in [0.717, 1.165) is 28.9 Å². The molecule has 0 spiro atoms. The fourth-order valence-corrected chi connectivity index (χ4v) is 4.91. The average molecular weight is 356 g/mol. The quantitative estimate of drug-likeness (QED) is 0.827. The normalized spacial score (nSPS) is 19.7. The summed E-state index contributed by atoms with van der Waals surface area (Å²) in [5.41, 5.74) is 1.37. The Hall–Kier alpha value is -1.41. The lowest BCUT2D eigenvalue weighted by Gasteiger charge is -2.36. The number of hydrogen-bond donors (Lipinski definition) is 0. The van der Waals surface area contributed by atoms with Gasteiger partial charge in [-0.15, -0.1) is 11.3 Å². The highest BCUT2D eigenvalue weighted by Crippen LogP contribution is 2.39. The van der Waals surface area contributed by atoms with Gasteiger partial charge >= 0.3 is 6.18 Å². The largest absolute Gasteiger partial charge is 0.401 e. The molecule has 0 amide bonds. The lowest BCUT2D eigenvalue weighted by molar-refractivity contribution is -0.146. The SMILES string of the molecule is FC(F)(F)CN1CCN(c2ncnc3sc4c(c23)CCCC4)CC1. The predicted octanol–water partition coefficient (Wildman–Crippen LogP) is 3.25. The summed E-state index contributed by atoms with van der Waals surface area (Å²) >= 11 is 1.75. The van der Waals surface area contributed by atoms with E-state index < -0.39 is 12.7 Å². The second-order valence-corrected chi connectivity index (χ2v) is 7.55. The third kappa shape index (κ3) is 3.09. The molecule has 4 rings (SSSR count). The lowest BCUT2D eigenvalue weighted by Crippen LogP contribution is -2.49. The van der Waals surface area contributed by atoms with Gasteiger partial charge in [0, 0.05) is 31.1 Å². The standard InChI is InChI=1S/C16H19F3N4S/c17-16(18,19)9-22-5-7-23(8-6-22)14-13-11-3-1-2-4-12(11)24-15(13)21-10-20-14/h10H,1-9H2. The van der Waals surface area contributed by atoms with E-state index in [9.17, 15) is 13.2 Å². The molecule has 0 aromatic carbocycles. The molecule has 24 heavy (non-hydrogen) atoms. The summed E-state index contributed by atoms with van der Waals surface area (Å²) in [7, 11) is 0. The van der Waals surface area contributed by atoms with Crippen molar-refractivity contribution >= 4 is 27.4 Å². The van der Waals surface area contributed by atoms with E-state index in [1.165, 1.54) is 28.2 Å². The van der Waals surface area contributed by atoms with Crippen molar-refractivity contribution in [1.82, 2.24) is 14.9 Å². The Labute approximate surface area is 142 Å². The van der Waals surface area contributed by atoms with Crippen LogP contribution in [0.15, 0.2) is 6.33 Å². The van der Waals surface area contributed by atoms with Crippen LogP contribution in [0.1, 0.15) is 23.3 Å². The van der Waals surface area contributed by atoms with Crippen LogP contribution >= 0.6 is 11.3 Å². The third-order valence-electron chi connectivity index (χ3n) is 4.81. The maximum absolute atomic E-state index is 12.5. The van der Waals surface area contributed by atoms with Gasteiger partial charge in [0.15, 0.2) is 0 Å². The summed E-state index contributed by atoms with van der Waals surface area (Å²) in [6.07, 6.45) is 2.03. The molecule has 1 aliphatic heterocycles. The minimum atomic E-state index is -4.13. The van der Waals surface area contributed by atoms with Crippen molar-refractivity contribution < 1.29 is 13.2 Å². The highest BCUT2D eigenvalue weighted by molar-refractivity contribution is 7.19. The highest BCUT2D eigenvalue weighted by Gasteiger charge is 2.33. The Bertz CT molecular complexity index is 735. The maximum atomic E-state index is 12.5. The number of thiophene rings is 1. The monoisotopic (exact) mass is 356 g/mol. The number of hydrogen-bond acceptors (Lipinski definition) is 5. The molecule has 2 aromatic rings. The molecule has 4 nitrogen and oxygen atoms in total. The van der Waals surface area contributed by atoms with Gasteiger partial charge in [-0.1, -0.05) is 0 Å². The summed E-state index contributed by atoms with van der Waals surface area (Å²) in [4.78, 5) is 14.9. The van der Waals surface area contributed by atoms with Crippen molar-refractivity contribution in [2.24, 2.45) is 0 Å². The average Bonchev–Trinajstić information content (AvgIpc) is 2.93. The number of nitrogens with zero attached hydrogens (tertiary/aromatic N) is 4. The van der Waals surface area contributed by atoms with E-state index in [0.29, 0.717) is 26.2 Å². The van der Waals surface area contributed by atoms with Crippen molar-refractivity contribution in [2.45, 2.75) is 31.9 Å². The summed E-state index contributed by atoms with van der Waals surface area (Å²) in [5, 5.41) is 1.14. The molecular formula is C16H19F3N4S. The molecule has 1 aliphatic carbocycles. The fraction of sp³-hybridized carbons (Fsp3) is 0.625. The maximum Gasteiger partial charge on any atom is 0.401 e. The minimum Gasteiger partial charge on any atom is -0.353 e. The van der Waals surface area contributed by atoms with Gasteiger partial charge in [-0.25, -0.2) is 9.97 Å². The van der Waals surface area contributed by atoms with E-state index in [4.69, 9.17) is 0 Å². The van der Waals surface area contributed by atoms with Crippen molar-refractivity contribution in [2.75, 3.05) is 37.6 Å². The van der Waals surface area contributed by atoms with Crippen LogP contribution in [-0.4, -0.2) is 53.8 Å². The summed E-state index contributed by atoms with van der Waals surface area (Å²) in [6, 6.07) is 0. The molecule has 0 radical (unpaired) electrons. The van der Waals surface area contributed by atoms with Gasteiger partial charge in [-0.2, -0.15) is 13.2 Å². The summed E-state index contributed by atoms with van der Waals surface area (Å²) in [5.74, 6) is 0.908. The van der Waals surface area contributed by atoms with E-state index in [-0.39, 0.29) is 0 Å². The van der Waals surface area contributed by atoms with Crippen LogP contribution in [0, 0.1) is 0 Å². The highest BCUT2D eigenvalue weighted by atomic mass is 32.1.